The molecule has 0 unspecified atom stereocenters. The summed E-state index contributed by atoms with van der Waals surface area (Å²) in [5.74, 6) is 1.73. The zero-order chi connectivity index (χ0) is 18.8. The zero-order valence-corrected chi connectivity index (χ0v) is 16.2. The van der Waals surface area contributed by atoms with Crippen LogP contribution in [0.5, 0.6) is 0 Å². The summed E-state index contributed by atoms with van der Waals surface area (Å²) in [4.78, 5) is 33.9. The second-order valence-electron chi connectivity index (χ2n) is 7.39. The molecule has 0 spiro atoms. The lowest BCUT2D eigenvalue weighted by Gasteiger charge is -2.44. The highest BCUT2D eigenvalue weighted by Crippen LogP contribution is 2.33. The molecule has 0 aromatic carbocycles. The number of nitrogens with zero attached hydrogens (tertiary/aromatic N) is 5. The number of amides is 3. The Balaban J connectivity index is 1.86. The number of fused-ring (bicyclic) bond motifs is 1. The van der Waals surface area contributed by atoms with Crippen LogP contribution in [0.2, 0.25) is 0 Å². The fourth-order valence-corrected chi connectivity index (χ4v) is 4.14. The first-order valence-corrected chi connectivity index (χ1v) is 9.55. The average Bonchev–Trinajstić information content (AvgIpc) is 2.62. The van der Waals surface area contributed by atoms with Crippen molar-refractivity contribution >= 4 is 23.4 Å². The molecule has 3 amide bonds. The molecule has 0 aliphatic carbocycles. The Morgan fingerprint density at radius 3 is 2.42 bits per heavy atom. The minimum atomic E-state index is -0.165. The van der Waals surface area contributed by atoms with Gasteiger partial charge in [-0.1, -0.05) is 13.8 Å². The lowest BCUT2D eigenvalue weighted by atomic mass is 9.92. The number of carbonyl (C=O) groups excluding carboxylic acids is 2. The van der Waals surface area contributed by atoms with Crippen LogP contribution in [-0.2, 0) is 4.79 Å². The number of hydrogen-bond donors (Lipinski definition) is 0. The van der Waals surface area contributed by atoms with Crippen LogP contribution in [0.25, 0.3) is 0 Å². The number of carbonyl (C=O) groups is 2. The third-order valence-corrected chi connectivity index (χ3v) is 5.16. The number of piperidine rings is 1. The molecule has 1 aromatic heterocycles. The first-order valence-electron chi connectivity index (χ1n) is 9.55. The van der Waals surface area contributed by atoms with Gasteiger partial charge in [-0.15, -0.1) is 0 Å². The molecule has 3 heterocycles. The maximum Gasteiger partial charge on any atom is 0.343 e. The van der Waals surface area contributed by atoms with Gasteiger partial charge in [0.05, 0.1) is 5.69 Å². The van der Waals surface area contributed by atoms with E-state index in [4.69, 9.17) is 0 Å². The largest absolute Gasteiger partial charge is 0.343 e. The predicted octanol–water partition coefficient (Wildman–Crippen LogP) is 2.59. The van der Waals surface area contributed by atoms with Gasteiger partial charge in [-0.25, -0.2) is 14.8 Å². The van der Waals surface area contributed by atoms with Gasteiger partial charge in [-0.3, -0.25) is 14.7 Å². The van der Waals surface area contributed by atoms with E-state index in [1.165, 1.54) is 0 Å². The molecule has 0 radical (unpaired) electrons. The van der Waals surface area contributed by atoms with Crippen LogP contribution in [0.1, 0.15) is 34.1 Å². The van der Waals surface area contributed by atoms with E-state index in [0.29, 0.717) is 30.6 Å². The zero-order valence-electron chi connectivity index (χ0n) is 16.2. The van der Waals surface area contributed by atoms with Crippen molar-refractivity contribution in [2.24, 2.45) is 11.8 Å². The van der Waals surface area contributed by atoms with E-state index in [9.17, 15) is 9.59 Å². The van der Waals surface area contributed by atoms with Crippen LogP contribution in [0.15, 0.2) is 18.3 Å². The lowest BCUT2D eigenvalue weighted by Crippen LogP contribution is -2.59. The first-order chi connectivity index (χ1) is 12.5. The molecule has 1 fully saturated rings. The van der Waals surface area contributed by atoms with Gasteiger partial charge >= 0.3 is 6.03 Å². The smallest absolute Gasteiger partial charge is 0.341 e. The summed E-state index contributed by atoms with van der Waals surface area (Å²) in [7, 11) is 0. The van der Waals surface area contributed by atoms with E-state index in [1.54, 1.807) is 16.1 Å². The normalized spacial score (nSPS) is 23.3. The van der Waals surface area contributed by atoms with Crippen LogP contribution >= 0.6 is 0 Å². The van der Waals surface area contributed by atoms with E-state index in [0.717, 1.165) is 25.3 Å². The van der Waals surface area contributed by atoms with Crippen molar-refractivity contribution in [1.82, 2.24) is 14.9 Å². The van der Waals surface area contributed by atoms with E-state index in [2.05, 4.69) is 18.8 Å². The highest BCUT2D eigenvalue weighted by molar-refractivity contribution is 6.03. The molecular formula is C19H29N5O2. The van der Waals surface area contributed by atoms with Gasteiger partial charge in [-0.2, -0.15) is 0 Å². The summed E-state index contributed by atoms with van der Waals surface area (Å²) < 4.78 is 0. The molecule has 2 atom stereocenters. The number of likely N-dealkylation sites (tertiary alicyclic amines) is 1. The monoisotopic (exact) mass is 359 g/mol. The van der Waals surface area contributed by atoms with Crippen molar-refractivity contribution in [2.45, 2.75) is 34.1 Å². The Kier molecular flexibility index (Phi) is 5.34. The number of aromatic nitrogens is 1. The Bertz CT molecular complexity index is 670. The number of urea groups is 1. The van der Waals surface area contributed by atoms with Crippen molar-refractivity contribution in [1.29, 1.82) is 0 Å². The standard InChI is InChI=1S/C19H29N5O2/c1-5-23-18-16(8-7-9-20-18)22(19(26)24(23)6-2)13-17(25)21-11-14(3)10-15(4)12-21/h7-9,14-15H,5-6,10-13H2,1-4H3/t14-,15+. The second-order valence-corrected chi connectivity index (χ2v) is 7.39. The van der Waals surface area contributed by atoms with Crippen LogP contribution in [0, 0.1) is 11.8 Å². The highest BCUT2D eigenvalue weighted by Gasteiger charge is 2.37. The topological polar surface area (TPSA) is 60.0 Å². The Labute approximate surface area is 155 Å². The highest BCUT2D eigenvalue weighted by atomic mass is 16.2. The van der Waals surface area contributed by atoms with Crippen molar-refractivity contribution in [3.05, 3.63) is 18.3 Å². The minimum absolute atomic E-state index is 0.00699. The number of pyridine rings is 1. The second kappa shape index (κ2) is 7.51. The maximum absolute atomic E-state index is 13.0. The number of anilines is 2. The van der Waals surface area contributed by atoms with Crippen LogP contribution in [-0.4, -0.2) is 59.6 Å². The van der Waals surface area contributed by atoms with Gasteiger partial charge in [-0.05, 0) is 44.2 Å². The Hall–Kier alpha value is -2.31. The van der Waals surface area contributed by atoms with Gasteiger partial charge < -0.3 is 4.90 Å². The number of hydrazine groups is 1. The molecule has 2 aliphatic rings. The summed E-state index contributed by atoms with van der Waals surface area (Å²) >= 11 is 0. The molecule has 2 aliphatic heterocycles. The van der Waals surface area contributed by atoms with E-state index < -0.39 is 0 Å². The quantitative estimate of drug-likeness (QED) is 0.829. The van der Waals surface area contributed by atoms with Crippen molar-refractivity contribution in [3.8, 4) is 0 Å². The first kappa shape index (κ1) is 18.5. The molecule has 1 aromatic rings. The van der Waals surface area contributed by atoms with E-state index in [-0.39, 0.29) is 18.5 Å². The lowest BCUT2D eigenvalue weighted by molar-refractivity contribution is -0.132. The van der Waals surface area contributed by atoms with E-state index >= 15 is 0 Å². The molecule has 0 bridgehead atoms. The fraction of sp³-hybridized carbons (Fsp3) is 0.632. The molecule has 0 saturated carbocycles. The SMILES string of the molecule is CCN1C(=O)N(CC(=O)N2C[C@H](C)C[C@H](C)C2)c2cccnc2N1CC. The molecule has 142 valence electrons. The average molecular weight is 359 g/mol. The number of rotatable bonds is 4. The van der Waals surface area contributed by atoms with Crippen LogP contribution in [0.4, 0.5) is 16.3 Å². The summed E-state index contributed by atoms with van der Waals surface area (Å²) in [6, 6.07) is 3.51. The van der Waals surface area contributed by atoms with Gasteiger partial charge in [0.25, 0.3) is 0 Å². The fourth-order valence-electron chi connectivity index (χ4n) is 4.14. The summed E-state index contributed by atoms with van der Waals surface area (Å²) in [5, 5.41) is 3.54. The van der Waals surface area contributed by atoms with Gasteiger partial charge in [0.15, 0.2) is 5.82 Å². The molecule has 3 rings (SSSR count). The summed E-state index contributed by atoms with van der Waals surface area (Å²) in [5.41, 5.74) is 0.704. The van der Waals surface area contributed by atoms with Gasteiger partial charge in [0.2, 0.25) is 5.91 Å². The third kappa shape index (κ3) is 3.34. The summed E-state index contributed by atoms with van der Waals surface area (Å²) in [6.07, 6.45) is 2.87. The van der Waals surface area contributed by atoms with Gasteiger partial charge in [0.1, 0.15) is 6.54 Å². The van der Waals surface area contributed by atoms with Crippen molar-refractivity contribution in [2.75, 3.05) is 42.6 Å². The predicted molar refractivity (Wildman–Crippen MR) is 102 cm³/mol. The molecule has 7 nitrogen and oxygen atoms in total. The van der Waals surface area contributed by atoms with Crippen LogP contribution in [0.3, 0.4) is 0 Å². The van der Waals surface area contributed by atoms with Gasteiger partial charge in [0, 0.05) is 32.4 Å². The van der Waals surface area contributed by atoms with Crippen molar-refractivity contribution < 1.29 is 9.59 Å². The number of hydrogen-bond acceptors (Lipinski definition) is 4. The maximum atomic E-state index is 13.0. The molecule has 26 heavy (non-hydrogen) atoms. The summed E-state index contributed by atoms with van der Waals surface area (Å²) in [6.45, 7) is 11.1. The molecule has 1 saturated heterocycles. The molecule has 7 heteroatoms. The van der Waals surface area contributed by atoms with Crippen molar-refractivity contribution in [3.63, 3.8) is 0 Å². The third-order valence-electron chi connectivity index (χ3n) is 5.16. The molecule has 0 N–H and O–H groups in total. The van der Waals surface area contributed by atoms with E-state index in [1.807, 2.05) is 35.9 Å². The minimum Gasteiger partial charge on any atom is -0.341 e. The molecular weight excluding hydrogens is 330 g/mol. The Morgan fingerprint density at radius 2 is 1.81 bits per heavy atom. The Morgan fingerprint density at radius 1 is 1.15 bits per heavy atom. The van der Waals surface area contributed by atoms with Crippen LogP contribution < -0.4 is 9.91 Å².